The number of ether oxygens (including phenoxy) is 2. The average Bonchev–Trinajstić information content (AvgIpc) is 2.54. The Bertz CT molecular complexity index is 625. The van der Waals surface area contributed by atoms with Crippen LogP contribution in [0.15, 0.2) is 18.2 Å². The quantitative estimate of drug-likeness (QED) is 0.752. The third kappa shape index (κ3) is 3.98. The molecule has 7 nitrogen and oxygen atoms in total. The summed E-state index contributed by atoms with van der Waals surface area (Å²) in [6, 6.07) is 4.97. The molecule has 0 radical (unpaired) electrons. The Kier molecular flexibility index (Phi) is 6.04. The van der Waals surface area contributed by atoms with Gasteiger partial charge in [0.05, 0.1) is 24.4 Å². The van der Waals surface area contributed by atoms with Crippen LogP contribution in [-0.4, -0.2) is 43.7 Å². The molecular weight excluding hydrogens is 334 g/mol. The monoisotopic (exact) mass is 355 g/mol. The lowest BCUT2D eigenvalue weighted by Crippen LogP contribution is -2.55. The van der Waals surface area contributed by atoms with E-state index in [2.05, 4.69) is 16.0 Å². The van der Waals surface area contributed by atoms with E-state index in [-0.39, 0.29) is 49.0 Å². The molecule has 2 amide bonds. The van der Waals surface area contributed by atoms with Crippen LogP contribution in [0.25, 0.3) is 0 Å². The molecule has 8 heteroatoms. The van der Waals surface area contributed by atoms with E-state index in [0.29, 0.717) is 24.6 Å². The fourth-order valence-corrected chi connectivity index (χ4v) is 2.78. The molecule has 132 valence electrons. The van der Waals surface area contributed by atoms with Crippen molar-refractivity contribution in [2.24, 2.45) is 0 Å². The zero-order chi connectivity index (χ0) is 16.4. The second-order valence-corrected chi connectivity index (χ2v) is 5.83. The molecule has 0 bridgehead atoms. The molecule has 1 aromatic carbocycles. The minimum atomic E-state index is -0.355. The lowest BCUT2D eigenvalue weighted by molar-refractivity contribution is -0.129. The van der Waals surface area contributed by atoms with Gasteiger partial charge in [0.1, 0.15) is 11.8 Å². The maximum atomic E-state index is 12.4. The minimum Gasteiger partial charge on any atom is -0.482 e. The number of benzene rings is 1. The molecule has 2 heterocycles. The second-order valence-electron chi connectivity index (χ2n) is 5.83. The van der Waals surface area contributed by atoms with Crippen molar-refractivity contribution in [3.05, 3.63) is 23.8 Å². The molecule has 3 N–H and O–H groups in total. The number of carbonyl (C=O) groups is 2. The van der Waals surface area contributed by atoms with Crippen LogP contribution in [-0.2, 0) is 14.3 Å². The SMILES string of the molecule is CC(NC(=O)[C@H]1NCCO[C@@H]1C)c1ccc2c(c1)NC(=O)CO2.Cl. The Morgan fingerprint density at radius 2 is 2.21 bits per heavy atom. The summed E-state index contributed by atoms with van der Waals surface area (Å²) in [6.07, 6.45) is -0.160. The van der Waals surface area contributed by atoms with Crippen LogP contribution >= 0.6 is 12.4 Å². The van der Waals surface area contributed by atoms with Crippen molar-refractivity contribution in [2.75, 3.05) is 25.1 Å². The average molecular weight is 356 g/mol. The van der Waals surface area contributed by atoms with Gasteiger partial charge in [0.15, 0.2) is 6.61 Å². The summed E-state index contributed by atoms with van der Waals surface area (Å²) in [5.41, 5.74) is 1.53. The molecule has 1 fully saturated rings. The van der Waals surface area contributed by atoms with Gasteiger partial charge in [-0.1, -0.05) is 6.07 Å². The van der Waals surface area contributed by atoms with Gasteiger partial charge < -0.3 is 25.4 Å². The van der Waals surface area contributed by atoms with Crippen LogP contribution in [0.4, 0.5) is 5.69 Å². The first-order chi connectivity index (χ1) is 11.0. The summed E-state index contributed by atoms with van der Waals surface area (Å²) < 4.78 is 10.8. The Labute approximate surface area is 146 Å². The summed E-state index contributed by atoms with van der Waals surface area (Å²) in [5.74, 6) is 0.370. The summed E-state index contributed by atoms with van der Waals surface area (Å²) in [5, 5.41) is 8.92. The number of hydrogen-bond donors (Lipinski definition) is 3. The third-order valence-corrected chi connectivity index (χ3v) is 4.09. The molecule has 3 atom stereocenters. The van der Waals surface area contributed by atoms with Crippen molar-refractivity contribution in [3.63, 3.8) is 0 Å². The smallest absolute Gasteiger partial charge is 0.262 e. The van der Waals surface area contributed by atoms with Gasteiger partial charge in [-0.05, 0) is 31.5 Å². The highest BCUT2D eigenvalue weighted by Crippen LogP contribution is 2.30. The molecule has 24 heavy (non-hydrogen) atoms. The van der Waals surface area contributed by atoms with Crippen molar-refractivity contribution < 1.29 is 19.1 Å². The number of nitrogens with one attached hydrogen (secondary N) is 3. The molecule has 2 aliphatic rings. The van der Waals surface area contributed by atoms with Crippen molar-refractivity contribution in [1.29, 1.82) is 0 Å². The van der Waals surface area contributed by atoms with E-state index in [1.165, 1.54) is 0 Å². The van der Waals surface area contributed by atoms with Crippen LogP contribution < -0.4 is 20.7 Å². The van der Waals surface area contributed by atoms with Crippen molar-refractivity contribution >= 4 is 29.9 Å². The number of rotatable bonds is 3. The molecule has 0 aliphatic carbocycles. The Hall–Kier alpha value is -1.83. The fraction of sp³-hybridized carbons (Fsp3) is 0.500. The maximum absolute atomic E-state index is 12.4. The second kappa shape index (κ2) is 7.83. The van der Waals surface area contributed by atoms with E-state index < -0.39 is 0 Å². The van der Waals surface area contributed by atoms with E-state index in [9.17, 15) is 9.59 Å². The topological polar surface area (TPSA) is 88.7 Å². The van der Waals surface area contributed by atoms with Crippen molar-refractivity contribution in [1.82, 2.24) is 10.6 Å². The van der Waals surface area contributed by atoms with E-state index in [1.807, 2.05) is 26.0 Å². The van der Waals surface area contributed by atoms with Gasteiger partial charge >= 0.3 is 0 Å². The van der Waals surface area contributed by atoms with E-state index in [1.54, 1.807) is 6.07 Å². The van der Waals surface area contributed by atoms with Gasteiger partial charge in [-0.15, -0.1) is 12.4 Å². The molecule has 0 spiro atoms. The Morgan fingerprint density at radius 1 is 1.42 bits per heavy atom. The van der Waals surface area contributed by atoms with Crippen LogP contribution in [0.3, 0.4) is 0 Å². The first-order valence-corrected chi connectivity index (χ1v) is 7.76. The Balaban J connectivity index is 0.00000208. The van der Waals surface area contributed by atoms with Gasteiger partial charge in [-0.3, -0.25) is 9.59 Å². The highest BCUT2D eigenvalue weighted by atomic mass is 35.5. The highest BCUT2D eigenvalue weighted by Gasteiger charge is 2.29. The summed E-state index contributed by atoms with van der Waals surface area (Å²) in [4.78, 5) is 23.8. The zero-order valence-electron chi connectivity index (χ0n) is 13.6. The molecule has 1 aromatic rings. The van der Waals surface area contributed by atoms with Crippen LogP contribution in [0.1, 0.15) is 25.5 Å². The molecular formula is C16H22ClN3O4. The first-order valence-electron chi connectivity index (χ1n) is 7.76. The van der Waals surface area contributed by atoms with Crippen LogP contribution in [0, 0.1) is 0 Å². The minimum absolute atomic E-state index is 0. The summed E-state index contributed by atoms with van der Waals surface area (Å²) in [7, 11) is 0. The largest absolute Gasteiger partial charge is 0.482 e. The number of anilines is 1. The fourth-order valence-electron chi connectivity index (χ4n) is 2.78. The number of fused-ring (bicyclic) bond motifs is 1. The van der Waals surface area contributed by atoms with Gasteiger partial charge in [0.25, 0.3) is 5.91 Å². The third-order valence-electron chi connectivity index (χ3n) is 4.09. The molecule has 1 saturated heterocycles. The lowest BCUT2D eigenvalue weighted by Gasteiger charge is -2.30. The van der Waals surface area contributed by atoms with Gasteiger partial charge in [-0.25, -0.2) is 0 Å². The van der Waals surface area contributed by atoms with Gasteiger partial charge in [-0.2, -0.15) is 0 Å². The normalized spacial score (nSPS) is 23.8. The predicted molar refractivity (Wildman–Crippen MR) is 91.6 cm³/mol. The van der Waals surface area contributed by atoms with Crippen LogP contribution in [0.5, 0.6) is 5.75 Å². The van der Waals surface area contributed by atoms with E-state index in [4.69, 9.17) is 9.47 Å². The summed E-state index contributed by atoms with van der Waals surface area (Å²) in [6.45, 7) is 5.10. The summed E-state index contributed by atoms with van der Waals surface area (Å²) >= 11 is 0. The molecule has 3 rings (SSSR count). The standard InChI is InChI=1S/C16H21N3O4.ClH/c1-9(18-16(21)15-10(2)22-6-5-17-15)11-3-4-13-12(7-11)19-14(20)8-23-13;/h3-4,7,9-10,15,17H,5-6,8H2,1-2H3,(H,18,21)(H,19,20);1H/t9?,10-,15+;/m1./s1. The number of amides is 2. The number of morpholine rings is 1. The lowest BCUT2D eigenvalue weighted by atomic mass is 10.0. The number of halogens is 1. The zero-order valence-corrected chi connectivity index (χ0v) is 14.4. The van der Waals surface area contributed by atoms with E-state index in [0.717, 1.165) is 5.56 Å². The van der Waals surface area contributed by atoms with Crippen LogP contribution in [0.2, 0.25) is 0 Å². The van der Waals surface area contributed by atoms with E-state index >= 15 is 0 Å². The first kappa shape index (κ1) is 18.5. The number of hydrogen-bond acceptors (Lipinski definition) is 5. The molecule has 0 aromatic heterocycles. The van der Waals surface area contributed by atoms with Crippen molar-refractivity contribution in [2.45, 2.75) is 32.0 Å². The number of carbonyl (C=O) groups excluding carboxylic acids is 2. The molecule has 0 saturated carbocycles. The molecule has 1 unspecified atom stereocenters. The highest BCUT2D eigenvalue weighted by molar-refractivity contribution is 5.95. The molecule has 2 aliphatic heterocycles. The maximum Gasteiger partial charge on any atom is 0.262 e. The predicted octanol–water partition coefficient (Wildman–Crippen LogP) is 0.993. The van der Waals surface area contributed by atoms with Gasteiger partial charge in [0.2, 0.25) is 5.91 Å². The Morgan fingerprint density at radius 3 is 2.96 bits per heavy atom. The van der Waals surface area contributed by atoms with Gasteiger partial charge in [0, 0.05) is 6.54 Å². The van der Waals surface area contributed by atoms with Crippen molar-refractivity contribution in [3.8, 4) is 5.75 Å².